The van der Waals surface area contributed by atoms with Gasteiger partial charge in [-0.25, -0.2) is 13.8 Å². The summed E-state index contributed by atoms with van der Waals surface area (Å²) in [5.41, 5.74) is -0.0443. The molecule has 1 aromatic heterocycles. The minimum absolute atomic E-state index is 0.108. The Labute approximate surface area is 196 Å². The van der Waals surface area contributed by atoms with Crippen molar-refractivity contribution in [3.8, 4) is 5.88 Å². The molecule has 0 saturated heterocycles. The number of carbonyl (C=O) groups is 1. The fraction of sp³-hybridized carbons (Fsp3) is 0.250. The van der Waals surface area contributed by atoms with Crippen molar-refractivity contribution in [1.82, 2.24) is 10.3 Å². The maximum atomic E-state index is 14.6. The van der Waals surface area contributed by atoms with Gasteiger partial charge in [-0.2, -0.15) is 13.2 Å². The summed E-state index contributed by atoms with van der Waals surface area (Å²) in [7, 11) is 1.45. The average molecular weight is 490 g/mol. The van der Waals surface area contributed by atoms with Crippen LogP contribution in [0.25, 0.3) is 0 Å². The van der Waals surface area contributed by atoms with Crippen LogP contribution in [0.4, 0.5) is 39.0 Å². The van der Waals surface area contributed by atoms with Gasteiger partial charge in [0.05, 0.1) is 35.3 Å². The van der Waals surface area contributed by atoms with Gasteiger partial charge in [0.15, 0.2) is 0 Å². The third-order valence-corrected chi connectivity index (χ3v) is 6.06. The molecule has 11 heteroatoms. The Bertz CT molecular complexity index is 1330. The van der Waals surface area contributed by atoms with Crippen LogP contribution in [0, 0.1) is 11.6 Å². The Morgan fingerprint density at radius 3 is 2.51 bits per heavy atom. The number of halogens is 5. The SMILES string of the molecule is COc1ccc2c(n1)CNCCc1cc(F)ccc1N1CN2C(=O)c2cc(F)c(C(F)(F)F)cc21. The van der Waals surface area contributed by atoms with E-state index >= 15 is 0 Å². The Morgan fingerprint density at radius 1 is 1.00 bits per heavy atom. The van der Waals surface area contributed by atoms with Gasteiger partial charge in [0.25, 0.3) is 5.91 Å². The number of fused-ring (bicyclic) bond motifs is 8. The average Bonchev–Trinajstić information content (AvgIpc) is 2.84. The standard InChI is InChI=1S/C24H19F5N4O2/c1-35-22-5-4-20-18(31-22)11-30-7-6-13-8-14(25)2-3-19(13)32-12-33(20)23(34)15-9-17(26)16(10-21(15)32)24(27,28)29/h2-5,8-10,30H,6-7,11-12H2,1H3. The molecule has 6 nitrogen and oxygen atoms in total. The fourth-order valence-corrected chi connectivity index (χ4v) is 4.40. The van der Waals surface area contributed by atoms with Crippen molar-refractivity contribution in [2.75, 3.05) is 30.1 Å². The summed E-state index contributed by atoms with van der Waals surface area (Å²) >= 11 is 0. The van der Waals surface area contributed by atoms with Gasteiger partial charge in [-0.1, -0.05) is 0 Å². The van der Waals surface area contributed by atoms with E-state index in [9.17, 15) is 26.7 Å². The molecule has 2 bridgehead atoms. The van der Waals surface area contributed by atoms with Gasteiger partial charge < -0.3 is 15.0 Å². The van der Waals surface area contributed by atoms with Crippen molar-refractivity contribution in [3.05, 3.63) is 76.5 Å². The van der Waals surface area contributed by atoms with Gasteiger partial charge in [-0.3, -0.25) is 9.69 Å². The van der Waals surface area contributed by atoms with Crippen LogP contribution in [0.3, 0.4) is 0 Å². The molecule has 0 atom stereocenters. The van der Waals surface area contributed by atoms with Gasteiger partial charge in [0.2, 0.25) is 5.88 Å². The van der Waals surface area contributed by atoms with Crippen LogP contribution in [0.15, 0.2) is 42.5 Å². The van der Waals surface area contributed by atoms with Crippen LogP contribution >= 0.6 is 0 Å². The van der Waals surface area contributed by atoms with E-state index in [4.69, 9.17) is 4.74 Å². The number of nitrogens with one attached hydrogen (secondary N) is 1. The number of hydrogen-bond acceptors (Lipinski definition) is 5. The van der Waals surface area contributed by atoms with Crippen LogP contribution in [-0.4, -0.2) is 31.2 Å². The highest BCUT2D eigenvalue weighted by molar-refractivity contribution is 6.13. The van der Waals surface area contributed by atoms with Crippen LogP contribution in [-0.2, 0) is 19.1 Å². The molecule has 3 aromatic rings. The molecule has 2 aromatic carbocycles. The van der Waals surface area contributed by atoms with Crippen molar-refractivity contribution >= 4 is 23.0 Å². The second-order valence-corrected chi connectivity index (χ2v) is 8.17. The summed E-state index contributed by atoms with van der Waals surface area (Å²) in [6.07, 6.45) is -4.62. The molecule has 35 heavy (non-hydrogen) atoms. The highest BCUT2D eigenvalue weighted by Gasteiger charge is 2.40. The van der Waals surface area contributed by atoms with E-state index in [1.165, 1.54) is 35.1 Å². The number of amides is 1. The van der Waals surface area contributed by atoms with Crippen LogP contribution in [0.2, 0.25) is 0 Å². The van der Waals surface area contributed by atoms with E-state index in [2.05, 4.69) is 10.3 Å². The monoisotopic (exact) mass is 490 g/mol. The van der Waals surface area contributed by atoms with Gasteiger partial charge in [0, 0.05) is 18.3 Å². The second kappa shape index (κ2) is 8.49. The zero-order valence-electron chi connectivity index (χ0n) is 18.4. The quantitative estimate of drug-likeness (QED) is 0.498. The largest absolute Gasteiger partial charge is 0.481 e. The molecule has 1 N–H and O–H groups in total. The summed E-state index contributed by atoms with van der Waals surface area (Å²) in [4.78, 5) is 20.7. The summed E-state index contributed by atoms with van der Waals surface area (Å²) in [5.74, 6) is -2.42. The number of alkyl halides is 3. The zero-order valence-corrected chi connectivity index (χ0v) is 18.4. The van der Waals surface area contributed by atoms with E-state index in [-0.39, 0.29) is 24.5 Å². The van der Waals surface area contributed by atoms with Crippen molar-refractivity contribution < 1.29 is 31.5 Å². The van der Waals surface area contributed by atoms with Crippen molar-refractivity contribution in [1.29, 1.82) is 0 Å². The van der Waals surface area contributed by atoms with Crippen LogP contribution < -0.4 is 19.9 Å². The molecule has 0 aliphatic carbocycles. The van der Waals surface area contributed by atoms with Gasteiger partial charge >= 0.3 is 6.18 Å². The van der Waals surface area contributed by atoms with E-state index < -0.39 is 29.3 Å². The molecule has 0 radical (unpaired) electrons. The molecule has 0 spiro atoms. The lowest BCUT2D eigenvalue weighted by Gasteiger charge is -2.39. The molecular formula is C24H19F5N4O2. The number of rotatable bonds is 1. The molecule has 2 aliphatic heterocycles. The zero-order chi connectivity index (χ0) is 24.9. The molecule has 1 amide bonds. The third kappa shape index (κ3) is 4.05. The summed E-state index contributed by atoms with van der Waals surface area (Å²) < 4.78 is 74.5. The summed E-state index contributed by atoms with van der Waals surface area (Å²) in [5, 5.41) is 3.20. The van der Waals surface area contributed by atoms with Gasteiger partial charge in [-0.05, 0) is 54.9 Å². The summed E-state index contributed by atoms with van der Waals surface area (Å²) in [6, 6.07) is 8.37. The predicted molar refractivity (Wildman–Crippen MR) is 118 cm³/mol. The minimum Gasteiger partial charge on any atom is -0.481 e. The fourth-order valence-electron chi connectivity index (χ4n) is 4.40. The van der Waals surface area contributed by atoms with Crippen molar-refractivity contribution in [3.63, 3.8) is 0 Å². The number of anilines is 3. The number of aromatic nitrogens is 1. The Hall–Kier alpha value is -3.73. The van der Waals surface area contributed by atoms with Gasteiger partial charge in [0.1, 0.15) is 18.3 Å². The summed E-state index contributed by atoms with van der Waals surface area (Å²) in [6.45, 7) is 0.463. The lowest BCUT2D eigenvalue weighted by atomic mass is 10.0. The maximum absolute atomic E-state index is 14.6. The molecule has 0 saturated carbocycles. The van der Waals surface area contributed by atoms with E-state index in [1.807, 2.05) is 0 Å². The van der Waals surface area contributed by atoms with E-state index in [1.54, 1.807) is 12.1 Å². The smallest absolute Gasteiger partial charge is 0.419 e. The first-order valence-electron chi connectivity index (χ1n) is 10.7. The minimum atomic E-state index is -4.96. The van der Waals surface area contributed by atoms with Crippen LogP contribution in [0.1, 0.15) is 27.2 Å². The Balaban J connectivity index is 1.77. The third-order valence-electron chi connectivity index (χ3n) is 6.06. The number of carbonyl (C=O) groups excluding carboxylic acids is 1. The number of benzene rings is 2. The lowest BCUT2D eigenvalue weighted by Crippen LogP contribution is -2.46. The Morgan fingerprint density at radius 2 is 1.77 bits per heavy atom. The van der Waals surface area contributed by atoms with Crippen molar-refractivity contribution in [2.45, 2.75) is 19.1 Å². The molecule has 3 heterocycles. The van der Waals surface area contributed by atoms with E-state index in [0.29, 0.717) is 53.6 Å². The first-order valence-corrected chi connectivity index (χ1v) is 10.7. The molecule has 182 valence electrons. The predicted octanol–water partition coefficient (Wildman–Crippen LogP) is 4.79. The molecule has 2 aliphatic rings. The van der Waals surface area contributed by atoms with Gasteiger partial charge in [-0.15, -0.1) is 0 Å². The number of methoxy groups -OCH3 is 1. The molecule has 5 rings (SSSR count). The lowest BCUT2D eigenvalue weighted by molar-refractivity contribution is -0.139. The number of hydrogen-bond donors (Lipinski definition) is 1. The number of pyridine rings is 1. The number of nitrogens with zero attached hydrogens (tertiary/aromatic N) is 3. The number of ether oxygens (including phenoxy) is 1. The molecular weight excluding hydrogens is 471 g/mol. The highest BCUT2D eigenvalue weighted by Crippen LogP contribution is 2.42. The molecule has 0 unspecified atom stereocenters. The molecule has 0 fully saturated rings. The topological polar surface area (TPSA) is 57.7 Å². The van der Waals surface area contributed by atoms with Crippen molar-refractivity contribution in [2.24, 2.45) is 0 Å². The van der Waals surface area contributed by atoms with Crippen LogP contribution in [0.5, 0.6) is 5.88 Å². The normalized spacial score (nSPS) is 15.7. The first kappa shape index (κ1) is 23.0. The second-order valence-electron chi connectivity index (χ2n) is 8.17. The highest BCUT2D eigenvalue weighted by atomic mass is 19.4. The maximum Gasteiger partial charge on any atom is 0.419 e. The van der Waals surface area contributed by atoms with E-state index in [0.717, 1.165) is 0 Å². The first-order chi connectivity index (χ1) is 16.7. The Kier molecular flexibility index (Phi) is 5.59.